The van der Waals surface area contributed by atoms with E-state index in [1.165, 1.54) is 0 Å². The number of anilines is 1. The second-order valence-electron chi connectivity index (χ2n) is 8.61. The largest absolute Gasteiger partial charge is 0.490 e. The molecular weight excluding hydrogens is 546 g/mol. The Morgan fingerprint density at radius 3 is 1.92 bits per heavy atom. The lowest BCUT2D eigenvalue weighted by Crippen LogP contribution is -2.55. The molecule has 1 aromatic heterocycles. The molecule has 2 aliphatic heterocycles. The van der Waals surface area contributed by atoms with Crippen LogP contribution in [0.2, 0.25) is 0 Å². The molecule has 17 heteroatoms. The quantitative estimate of drug-likeness (QED) is 0.457. The van der Waals surface area contributed by atoms with Gasteiger partial charge in [0, 0.05) is 39.3 Å². The Balaban J connectivity index is 0.000000317. The molecule has 0 saturated carbocycles. The molecule has 0 unspecified atom stereocenters. The third-order valence-electron chi connectivity index (χ3n) is 5.73. The Bertz CT molecular complexity index is 1080. The van der Waals surface area contributed by atoms with Crippen molar-refractivity contribution in [1.29, 1.82) is 0 Å². The van der Waals surface area contributed by atoms with Crippen molar-refractivity contribution in [3.8, 4) is 0 Å². The van der Waals surface area contributed by atoms with E-state index < -0.39 is 30.4 Å². The van der Waals surface area contributed by atoms with Crippen LogP contribution >= 0.6 is 0 Å². The first-order chi connectivity index (χ1) is 18.0. The Morgan fingerprint density at radius 1 is 0.923 bits per heavy atom. The van der Waals surface area contributed by atoms with Gasteiger partial charge in [-0.1, -0.05) is 12.1 Å². The van der Waals surface area contributed by atoms with Gasteiger partial charge in [-0.3, -0.25) is 4.79 Å². The molecule has 11 nitrogen and oxygen atoms in total. The van der Waals surface area contributed by atoms with E-state index in [4.69, 9.17) is 24.2 Å². The summed E-state index contributed by atoms with van der Waals surface area (Å²) in [6.45, 7) is 4.12. The number of carbonyl (C=O) groups excluding carboxylic acids is 1. The highest BCUT2D eigenvalue weighted by Crippen LogP contribution is 2.24. The molecule has 0 aliphatic carbocycles. The predicted molar refractivity (Wildman–Crippen MR) is 122 cm³/mol. The van der Waals surface area contributed by atoms with Crippen LogP contribution in [0.4, 0.5) is 32.4 Å². The van der Waals surface area contributed by atoms with Crippen molar-refractivity contribution < 1.29 is 60.5 Å². The molecule has 218 valence electrons. The standard InChI is InChI=1S/C18H24N4O3.2C2HF3O2/c1-20-7-6-15(23)13(12-20)17(24)21-8-10-22(11-9-21)18-19-14-4-2-3-5-16(14)25-18;2*3-2(4,5)1(6)7/h2-5,13,15,23H,6-12H2,1H3;2*(H,6,7)/t13-,15-;;/m1../s1. The van der Waals surface area contributed by atoms with Crippen LogP contribution in [0.5, 0.6) is 0 Å². The number of aliphatic hydroxyl groups is 1. The van der Waals surface area contributed by atoms with Gasteiger partial charge in [0.1, 0.15) is 5.52 Å². The van der Waals surface area contributed by atoms with E-state index in [9.17, 15) is 36.2 Å². The molecule has 0 bridgehead atoms. The van der Waals surface area contributed by atoms with Crippen LogP contribution in [0.1, 0.15) is 6.42 Å². The number of hydrogen-bond acceptors (Lipinski definition) is 8. The van der Waals surface area contributed by atoms with Crippen molar-refractivity contribution >= 4 is 35.0 Å². The number of aliphatic carboxylic acids is 2. The number of alkyl halides is 6. The average Bonchev–Trinajstić information content (AvgIpc) is 3.29. The Labute approximate surface area is 217 Å². The molecule has 1 aromatic carbocycles. The lowest BCUT2D eigenvalue weighted by atomic mass is 9.93. The first-order valence-corrected chi connectivity index (χ1v) is 11.4. The molecule has 2 fully saturated rings. The van der Waals surface area contributed by atoms with Gasteiger partial charge in [-0.2, -0.15) is 31.3 Å². The Kier molecular flexibility index (Phi) is 10.5. The van der Waals surface area contributed by atoms with E-state index in [0.717, 1.165) is 17.6 Å². The number of likely N-dealkylation sites (tertiary alicyclic amines) is 1. The number of piperidine rings is 1. The number of piperazine rings is 1. The zero-order valence-corrected chi connectivity index (χ0v) is 20.4. The van der Waals surface area contributed by atoms with Gasteiger partial charge in [0.2, 0.25) is 5.91 Å². The zero-order valence-electron chi connectivity index (χ0n) is 20.4. The zero-order chi connectivity index (χ0) is 29.5. The van der Waals surface area contributed by atoms with E-state index >= 15 is 0 Å². The van der Waals surface area contributed by atoms with E-state index in [0.29, 0.717) is 45.2 Å². The normalized spacial score (nSPS) is 20.4. The number of nitrogens with zero attached hydrogens (tertiary/aromatic N) is 4. The van der Waals surface area contributed by atoms with Crippen molar-refractivity contribution in [3.63, 3.8) is 0 Å². The number of halogens is 6. The van der Waals surface area contributed by atoms with Gasteiger partial charge < -0.3 is 34.4 Å². The van der Waals surface area contributed by atoms with Crippen molar-refractivity contribution in [2.24, 2.45) is 5.92 Å². The lowest BCUT2D eigenvalue weighted by molar-refractivity contribution is -0.193. The maximum Gasteiger partial charge on any atom is 0.490 e. The molecule has 2 atom stereocenters. The summed E-state index contributed by atoms with van der Waals surface area (Å²) in [5.74, 6) is -5.76. The van der Waals surface area contributed by atoms with Crippen LogP contribution in [0.15, 0.2) is 28.7 Å². The maximum absolute atomic E-state index is 12.8. The molecule has 0 radical (unpaired) electrons. The predicted octanol–water partition coefficient (Wildman–Crippen LogP) is 2.06. The molecule has 4 rings (SSSR count). The number of carbonyl (C=O) groups is 3. The van der Waals surface area contributed by atoms with Crippen LogP contribution in [0.3, 0.4) is 0 Å². The van der Waals surface area contributed by atoms with Crippen molar-refractivity contribution in [2.45, 2.75) is 24.9 Å². The summed E-state index contributed by atoms with van der Waals surface area (Å²) >= 11 is 0. The number of carboxylic acid groups (broad SMARTS) is 2. The first-order valence-electron chi connectivity index (χ1n) is 11.4. The monoisotopic (exact) mass is 572 g/mol. The third kappa shape index (κ3) is 9.27. The number of aromatic nitrogens is 1. The number of fused-ring (bicyclic) bond motifs is 1. The highest BCUT2D eigenvalue weighted by atomic mass is 19.4. The summed E-state index contributed by atoms with van der Waals surface area (Å²) in [5, 5.41) is 24.4. The third-order valence-corrected chi connectivity index (χ3v) is 5.73. The fourth-order valence-electron chi connectivity index (χ4n) is 3.69. The molecule has 2 aliphatic rings. The lowest BCUT2D eigenvalue weighted by Gasteiger charge is -2.39. The van der Waals surface area contributed by atoms with Crippen LogP contribution < -0.4 is 4.90 Å². The summed E-state index contributed by atoms with van der Waals surface area (Å²) < 4.78 is 69.3. The number of carboxylic acids is 2. The number of hydrogen-bond donors (Lipinski definition) is 3. The summed E-state index contributed by atoms with van der Waals surface area (Å²) in [6, 6.07) is 8.33. The second-order valence-corrected chi connectivity index (χ2v) is 8.61. The summed E-state index contributed by atoms with van der Waals surface area (Å²) in [5.41, 5.74) is 1.63. The number of oxazole rings is 1. The van der Waals surface area contributed by atoms with Crippen LogP contribution in [0, 0.1) is 5.92 Å². The minimum atomic E-state index is -5.08. The SMILES string of the molecule is CN1CC[C@@H](O)[C@H](C(=O)N2CCN(c3nc4ccccc4o3)CC2)C1.O=C(O)C(F)(F)F.O=C(O)C(F)(F)F. The molecule has 2 aromatic rings. The van der Waals surface area contributed by atoms with Gasteiger partial charge in [-0.25, -0.2) is 9.59 Å². The Morgan fingerprint density at radius 2 is 1.44 bits per heavy atom. The van der Waals surface area contributed by atoms with Crippen LogP contribution in [-0.4, -0.2) is 113 Å². The van der Waals surface area contributed by atoms with Crippen LogP contribution in [0.25, 0.3) is 11.1 Å². The van der Waals surface area contributed by atoms with Crippen LogP contribution in [-0.2, 0) is 14.4 Å². The molecule has 3 N–H and O–H groups in total. The highest BCUT2D eigenvalue weighted by molar-refractivity contribution is 5.80. The van der Waals surface area contributed by atoms with Gasteiger partial charge in [-0.05, 0) is 25.6 Å². The van der Waals surface area contributed by atoms with Gasteiger partial charge >= 0.3 is 24.3 Å². The van der Waals surface area contributed by atoms with E-state index in [1.807, 2.05) is 36.2 Å². The van der Waals surface area contributed by atoms with Gasteiger partial charge in [-0.15, -0.1) is 0 Å². The van der Waals surface area contributed by atoms with Crippen molar-refractivity contribution in [2.75, 3.05) is 51.2 Å². The smallest absolute Gasteiger partial charge is 0.475 e. The maximum atomic E-state index is 12.8. The van der Waals surface area contributed by atoms with Gasteiger partial charge in [0.15, 0.2) is 5.58 Å². The average molecular weight is 572 g/mol. The minimum Gasteiger partial charge on any atom is -0.475 e. The number of rotatable bonds is 2. The molecular formula is C22H26F6N4O7. The molecule has 3 heterocycles. The highest BCUT2D eigenvalue weighted by Gasteiger charge is 2.39. The first kappa shape index (κ1) is 31.6. The van der Waals surface area contributed by atoms with E-state index in [1.54, 1.807) is 0 Å². The van der Waals surface area contributed by atoms with E-state index in [-0.39, 0.29) is 11.8 Å². The summed E-state index contributed by atoms with van der Waals surface area (Å²) in [4.78, 5) is 41.2. The number of benzene rings is 1. The van der Waals surface area contributed by atoms with E-state index in [2.05, 4.69) is 14.8 Å². The topological polar surface area (TPSA) is 148 Å². The fraction of sp³-hybridized carbons (Fsp3) is 0.545. The van der Waals surface area contributed by atoms with Gasteiger partial charge in [0.25, 0.3) is 6.01 Å². The second kappa shape index (κ2) is 13.0. The number of para-hydroxylation sites is 2. The summed E-state index contributed by atoms with van der Waals surface area (Å²) in [7, 11) is 2.00. The van der Waals surface area contributed by atoms with Gasteiger partial charge in [0.05, 0.1) is 12.0 Å². The van der Waals surface area contributed by atoms with Crippen molar-refractivity contribution in [1.82, 2.24) is 14.8 Å². The molecule has 2 saturated heterocycles. The number of aliphatic hydroxyl groups excluding tert-OH is 1. The Hall–Kier alpha value is -3.60. The van der Waals surface area contributed by atoms with Crippen molar-refractivity contribution in [3.05, 3.63) is 24.3 Å². The number of amides is 1. The molecule has 0 spiro atoms. The molecule has 39 heavy (non-hydrogen) atoms. The summed E-state index contributed by atoms with van der Waals surface area (Å²) in [6.07, 6.45) is -10.0. The fourth-order valence-corrected chi connectivity index (χ4v) is 3.69. The molecule has 1 amide bonds. The minimum absolute atomic E-state index is 0.0660.